The number of nitrogens with one attached hydrogen (secondary N) is 1. The van der Waals surface area contributed by atoms with Crippen LogP contribution in [0.1, 0.15) is 10.5 Å². The normalized spacial score (nSPS) is 10.7. The monoisotopic (exact) mass is 371 g/mol. The van der Waals surface area contributed by atoms with E-state index in [4.69, 9.17) is 0 Å². The number of aryl methyl sites for hydroxylation is 1. The molecular weight excluding hydrogens is 350 g/mol. The second kappa shape index (κ2) is 7.12. The fourth-order valence-corrected chi connectivity index (χ4v) is 3.10. The summed E-state index contributed by atoms with van der Waals surface area (Å²) >= 11 is 1.59. The predicted octanol–water partition coefficient (Wildman–Crippen LogP) is 2.32. The van der Waals surface area contributed by atoms with Gasteiger partial charge in [-0.05, 0) is 17.5 Å². The van der Waals surface area contributed by atoms with E-state index in [2.05, 4.69) is 20.4 Å². The van der Waals surface area contributed by atoms with Crippen LogP contribution in [0.2, 0.25) is 0 Å². The molecule has 136 valence electrons. The quantitative estimate of drug-likeness (QED) is 0.741. The van der Waals surface area contributed by atoms with Crippen LogP contribution in [-0.4, -0.2) is 53.8 Å². The molecule has 0 aliphatic heterocycles. The summed E-state index contributed by atoms with van der Waals surface area (Å²) in [5.74, 6) is 0.956. The van der Waals surface area contributed by atoms with Crippen LogP contribution in [0.15, 0.2) is 29.8 Å². The van der Waals surface area contributed by atoms with Crippen molar-refractivity contribution in [1.82, 2.24) is 19.7 Å². The molecule has 0 aliphatic carbocycles. The first-order valence-electron chi connectivity index (χ1n) is 7.97. The van der Waals surface area contributed by atoms with Gasteiger partial charge < -0.3 is 15.1 Å². The first kappa shape index (κ1) is 17.9. The summed E-state index contributed by atoms with van der Waals surface area (Å²) in [5.41, 5.74) is 1.79. The number of thiophene rings is 1. The third kappa shape index (κ3) is 3.52. The average Bonchev–Trinajstić information content (AvgIpc) is 3.24. The summed E-state index contributed by atoms with van der Waals surface area (Å²) < 4.78 is 1.58. The first-order chi connectivity index (χ1) is 12.4. The van der Waals surface area contributed by atoms with Gasteiger partial charge in [0.25, 0.3) is 5.91 Å². The van der Waals surface area contributed by atoms with Crippen LogP contribution in [0.25, 0.3) is 10.6 Å². The van der Waals surface area contributed by atoms with Crippen LogP contribution >= 0.6 is 11.3 Å². The van der Waals surface area contributed by atoms with E-state index in [0.29, 0.717) is 23.1 Å². The Labute approximate surface area is 156 Å². The van der Waals surface area contributed by atoms with E-state index < -0.39 is 0 Å². The van der Waals surface area contributed by atoms with Crippen molar-refractivity contribution in [3.8, 4) is 10.6 Å². The summed E-state index contributed by atoms with van der Waals surface area (Å²) in [5, 5.41) is 9.30. The average molecular weight is 371 g/mol. The van der Waals surface area contributed by atoms with E-state index in [1.165, 1.54) is 0 Å². The van der Waals surface area contributed by atoms with Crippen LogP contribution in [0.3, 0.4) is 0 Å². The van der Waals surface area contributed by atoms with Gasteiger partial charge in [0.05, 0.1) is 11.1 Å². The van der Waals surface area contributed by atoms with Crippen molar-refractivity contribution in [1.29, 1.82) is 0 Å². The van der Waals surface area contributed by atoms with Crippen LogP contribution in [0, 0.1) is 0 Å². The van der Waals surface area contributed by atoms with Gasteiger partial charge in [-0.3, -0.25) is 9.48 Å². The minimum Gasteiger partial charge on any atom is -0.361 e. The van der Waals surface area contributed by atoms with Gasteiger partial charge in [-0.1, -0.05) is 6.07 Å². The Morgan fingerprint density at radius 2 is 2.00 bits per heavy atom. The zero-order valence-corrected chi connectivity index (χ0v) is 16.2. The van der Waals surface area contributed by atoms with Crippen LogP contribution in [0.5, 0.6) is 0 Å². The highest BCUT2D eigenvalue weighted by molar-refractivity contribution is 7.13. The lowest BCUT2D eigenvalue weighted by atomic mass is 10.3. The van der Waals surface area contributed by atoms with E-state index in [1.807, 2.05) is 55.5 Å². The number of amides is 1. The van der Waals surface area contributed by atoms with Crippen molar-refractivity contribution in [2.24, 2.45) is 7.05 Å². The van der Waals surface area contributed by atoms with Gasteiger partial charge >= 0.3 is 0 Å². The van der Waals surface area contributed by atoms with Crippen molar-refractivity contribution in [2.75, 3.05) is 43.3 Å². The van der Waals surface area contributed by atoms with Gasteiger partial charge in [0, 0.05) is 35.2 Å². The lowest BCUT2D eigenvalue weighted by Gasteiger charge is -2.19. The molecule has 0 fully saturated rings. The molecule has 1 amide bonds. The summed E-state index contributed by atoms with van der Waals surface area (Å²) in [6.45, 7) is 0. The maximum Gasteiger partial charge on any atom is 0.274 e. The largest absolute Gasteiger partial charge is 0.361 e. The first-order valence-corrected chi connectivity index (χ1v) is 8.85. The maximum absolute atomic E-state index is 12.8. The Morgan fingerprint density at radius 3 is 2.62 bits per heavy atom. The Morgan fingerprint density at radius 1 is 1.23 bits per heavy atom. The van der Waals surface area contributed by atoms with E-state index in [0.717, 1.165) is 10.6 Å². The number of rotatable bonds is 5. The van der Waals surface area contributed by atoms with Gasteiger partial charge in [0.2, 0.25) is 5.95 Å². The van der Waals surface area contributed by atoms with Gasteiger partial charge in [-0.15, -0.1) is 11.3 Å². The van der Waals surface area contributed by atoms with Gasteiger partial charge in [-0.25, -0.2) is 4.98 Å². The molecule has 0 spiro atoms. The smallest absolute Gasteiger partial charge is 0.274 e. The number of anilines is 3. The number of hydrogen-bond acceptors (Lipinski definition) is 7. The van der Waals surface area contributed by atoms with E-state index >= 15 is 0 Å². The second-order valence-corrected chi connectivity index (χ2v) is 7.11. The van der Waals surface area contributed by atoms with Crippen molar-refractivity contribution in [2.45, 2.75) is 0 Å². The van der Waals surface area contributed by atoms with Crippen LogP contribution in [0.4, 0.5) is 17.5 Å². The minimum absolute atomic E-state index is 0.257. The van der Waals surface area contributed by atoms with Gasteiger partial charge in [0.15, 0.2) is 5.82 Å². The van der Waals surface area contributed by atoms with E-state index in [1.54, 1.807) is 35.3 Å². The fraction of sp³-hybridized carbons (Fsp3) is 0.294. The summed E-state index contributed by atoms with van der Waals surface area (Å²) in [7, 11) is 9.24. The highest BCUT2D eigenvalue weighted by Crippen LogP contribution is 2.26. The molecule has 9 heteroatoms. The molecule has 26 heavy (non-hydrogen) atoms. The molecule has 0 atom stereocenters. The number of hydrogen-bond donors (Lipinski definition) is 1. The van der Waals surface area contributed by atoms with E-state index in [-0.39, 0.29) is 5.91 Å². The predicted molar refractivity (Wildman–Crippen MR) is 105 cm³/mol. The molecule has 3 rings (SSSR count). The van der Waals surface area contributed by atoms with Crippen molar-refractivity contribution >= 4 is 34.7 Å². The highest BCUT2D eigenvalue weighted by Gasteiger charge is 2.18. The molecule has 0 radical (unpaired) electrons. The topological polar surface area (TPSA) is 79.2 Å². The number of nitrogens with zero attached hydrogens (tertiary/aromatic N) is 6. The standard InChI is InChI=1S/C17H21N7OS/c1-22(2)15-12(10-18-17(20-15)23(3)4)19-16(25)13-9-11(21-24(13)5)14-7-6-8-26-14/h6-10H,1-5H3,(H,19,25). The number of aromatic nitrogens is 4. The third-order valence-corrected chi connectivity index (χ3v) is 4.61. The molecule has 0 aliphatic rings. The lowest BCUT2D eigenvalue weighted by Crippen LogP contribution is -2.22. The molecule has 3 aromatic heterocycles. The van der Waals surface area contributed by atoms with E-state index in [9.17, 15) is 4.79 Å². The third-order valence-electron chi connectivity index (χ3n) is 3.71. The summed E-state index contributed by atoms with van der Waals surface area (Å²) in [6, 6.07) is 5.72. The SMILES string of the molecule is CN(C)c1ncc(NC(=O)c2cc(-c3cccs3)nn2C)c(N(C)C)n1. The fourth-order valence-electron chi connectivity index (χ4n) is 2.42. The summed E-state index contributed by atoms with van der Waals surface area (Å²) in [6.07, 6.45) is 1.62. The molecule has 0 unspecified atom stereocenters. The molecule has 1 N–H and O–H groups in total. The van der Waals surface area contributed by atoms with Crippen molar-refractivity contribution in [3.63, 3.8) is 0 Å². The van der Waals surface area contributed by atoms with Crippen LogP contribution in [-0.2, 0) is 7.05 Å². The Kier molecular flexibility index (Phi) is 4.90. The highest BCUT2D eigenvalue weighted by atomic mass is 32.1. The molecule has 3 aromatic rings. The lowest BCUT2D eigenvalue weighted by molar-refractivity contribution is 0.101. The number of carbonyl (C=O) groups is 1. The molecular formula is C17H21N7OS. The molecule has 3 heterocycles. The van der Waals surface area contributed by atoms with Gasteiger partial charge in [-0.2, -0.15) is 10.1 Å². The molecule has 0 saturated carbocycles. The molecule has 0 bridgehead atoms. The zero-order valence-electron chi connectivity index (χ0n) is 15.4. The molecule has 0 saturated heterocycles. The Hall–Kier alpha value is -2.94. The maximum atomic E-state index is 12.8. The van der Waals surface area contributed by atoms with Gasteiger partial charge in [0.1, 0.15) is 17.1 Å². The molecule has 8 nitrogen and oxygen atoms in total. The molecule has 0 aromatic carbocycles. The van der Waals surface area contributed by atoms with Crippen LogP contribution < -0.4 is 15.1 Å². The Bertz CT molecular complexity index is 915. The zero-order chi connectivity index (χ0) is 18.8. The van der Waals surface area contributed by atoms with Crippen molar-refractivity contribution < 1.29 is 4.79 Å². The minimum atomic E-state index is -0.257. The second-order valence-electron chi connectivity index (χ2n) is 6.17. The van der Waals surface area contributed by atoms with Crippen molar-refractivity contribution in [3.05, 3.63) is 35.5 Å². The Balaban J connectivity index is 1.89. The number of carbonyl (C=O) groups excluding carboxylic acids is 1. The summed E-state index contributed by atoms with van der Waals surface area (Å²) in [4.78, 5) is 26.2.